The predicted molar refractivity (Wildman–Crippen MR) is 166 cm³/mol. The summed E-state index contributed by atoms with van der Waals surface area (Å²) in [7, 11) is 0. The number of rotatable bonds is 7. The zero-order chi connectivity index (χ0) is 28.5. The van der Waals surface area contributed by atoms with Crippen LogP contribution >= 0.6 is 6.19 Å². The Labute approximate surface area is 238 Å². The highest BCUT2D eigenvalue weighted by Gasteiger charge is 2.57. The van der Waals surface area contributed by atoms with E-state index in [0.29, 0.717) is 6.61 Å². The minimum atomic E-state index is -2.59. The highest BCUT2D eigenvalue weighted by Crippen LogP contribution is 2.57. The van der Waals surface area contributed by atoms with Gasteiger partial charge in [-0.05, 0) is 41.5 Å². The van der Waals surface area contributed by atoms with Gasteiger partial charge in [0.2, 0.25) is 0 Å². The zero-order valence-corrected chi connectivity index (χ0v) is 25.7. The van der Waals surface area contributed by atoms with Crippen molar-refractivity contribution < 1.29 is 14.3 Å². The van der Waals surface area contributed by atoms with Gasteiger partial charge in [-0.1, -0.05) is 120 Å². The van der Waals surface area contributed by atoms with Crippen LogP contribution in [-0.4, -0.2) is 18.7 Å². The Kier molecular flexibility index (Phi) is 8.28. The third kappa shape index (κ3) is 5.63. The van der Waals surface area contributed by atoms with Gasteiger partial charge in [0.25, 0.3) is 0 Å². The van der Waals surface area contributed by atoms with Crippen molar-refractivity contribution in [2.75, 3.05) is 6.61 Å². The van der Waals surface area contributed by atoms with Gasteiger partial charge in [0.15, 0.2) is 0 Å². The first-order valence-electron chi connectivity index (χ1n) is 13.5. The van der Waals surface area contributed by atoms with E-state index in [4.69, 9.17) is 21.3 Å². The van der Waals surface area contributed by atoms with Crippen molar-refractivity contribution in [2.45, 2.75) is 65.5 Å². The third-order valence-electron chi connectivity index (χ3n) is 7.40. The fourth-order valence-corrected chi connectivity index (χ4v) is 9.23. The highest BCUT2D eigenvalue weighted by molar-refractivity contribution is 8.20. The average molecular weight is 562 g/mol. The Morgan fingerprint density at radius 3 is 2.03 bits per heavy atom. The lowest BCUT2D eigenvalue weighted by molar-refractivity contribution is -0.137. The van der Waals surface area contributed by atoms with Crippen LogP contribution < -0.4 is 20.4 Å². The minimum Gasteiger partial charge on any atom is -0.484 e. The van der Waals surface area contributed by atoms with Crippen molar-refractivity contribution in [2.24, 2.45) is 5.41 Å². The summed E-state index contributed by atoms with van der Waals surface area (Å²) in [5.41, 5.74) is 1.08. The van der Waals surface area contributed by atoms with Crippen LogP contribution in [0.2, 0.25) is 0 Å². The maximum Gasteiger partial charge on any atom is 0.330 e. The van der Waals surface area contributed by atoms with Gasteiger partial charge in [0, 0.05) is 22.2 Å². The lowest BCUT2D eigenvalue weighted by Gasteiger charge is -2.48. The van der Waals surface area contributed by atoms with Gasteiger partial charge in [-0.3, -0.25) is 5.09 Å². The SMILES string of the molecule is CCOC(=O)/C=C\[C@H]1Oc2ccc(C(C)(C)C)cc2[C@]1(NP(=S)(c1ccccc1)c1ccccc1)C(C)(C)C. The van der Waals surface area contributed by atoms with E-state index in [9.17, 15) is 4.79 Å². The Morgan fingerprint density at radius 2 is 1.54 bits per heavy atom. The van der Waals surface area contributed by atoms with Crippen molar-refractivity contribution >= 4 is 34.6 Å². The topological polar surface area (TPSA) is 47.6 Å². The van der Waals surface area contributed by atoms with Crippen LogP contribution in [0.1, 0.15) is 59.6 Å². The van der Waals surface area contributed by atoms with E-state index in [1.165, 1.54) is 11.6 Å². The molecule has 3 aromatic rings. The fraction of sp³-hybridized carbons (Fsp3) is 0.364. The molecule has 0 aromatic heterocycles. The van der Waals surface area contributed by atoms with E-state index < -0.39 is 17.8 Å². The molecule has 4 rings (SSSR count). The highest BCUT2D eigenvalue weighted by atomic mass is 32.4. The summed E-state index contributed by atoms with van der Waals surface area (Å²) in [4.78, 5) is 12.4. The molecule has 0 fully saturated rings. The molecule has 0 unspecified atom stereocenters. The summed E-state index contributed by atoms with van der Waals surface area (Å²) in [6.07, 6.45) is 0.235. The molecule has 0 saturated carbocycles. The van der Waals surface area contributed by atoms with Gasteiger partial charge in [-0.15, -0.1) is 0 Å². The van der Waals surface area contributed by atoms with Crippen LogP contribution in [0.25, 0.3) is 0 Å². The first kappa shape index (κ1) is 29.3. The Morgan fingerprint density at radius 1 is 0.974 bits per heavy atom. The number of hydrogen-bond acceptors (Lipinski definition) is 4. The second kappa shape index (κ2) is 11.0. The maximum absolute atomic E-state index is 12.4. The van der Waals surface area contributed by atoms with Crippen molar-refractivity contribution in [3.63, 3.8) is 0 Å². The molecule has 39 heavy (non-hydrogen) atoms. The van der Waals surface area contributed by atoms with E-state index in [1.807, 2.05) is 42.5 Å². The molecule has 1 aliphatic rings. The summed E-state index contributed by atoms with van der Waals surface area (Å²) in [5.74, 6) is 0.410. The van der Waals surface area contributed by atoms with E-state index in [1.54, 1.807) is 6.92 Å². The number of carbonyl (C=O) groups excluding carboxylic acids is 1. The monoisotopic (exact) mass is 561 g/mol. The van der Waals surface area contributed by atoms with Crippen molar-refractivity contribution in [3.8, 4) is 5.75 Å². The smallest absolute Gasteiger partial charge is 0.330 e. The van der Waals surface area contributed by atoms with Gasteiger partial charge < -0.3 is 9.47 Å². The Hall–Kier alpha value is -2.72. The summed E-state index contributed by atoms with van der Waals surface area (Å²) < 4.78 is 11.9. The van der Waals surface area contributed by atoms with Crippen LogP contribution in [0, 0.1) is 5.41 Å². The fourth-order valence-electron chi connectivity index (χ4n) is 5.25. The lowest BCUT2D eigenvalue weighted by Crippen LogP contribution is -2.58. The number of benzene rings is 3. The zero-order valence-electron chi connectivity index (χ0n) is 24.0. The number of fused-ring (bicyclic) bond motifs is 1. The van der Waals surface area contributed by atoms with Gasteiger partial charge in [0.05, 0.1) is 18.3 Å². The van der Waals surface area contributed by atoms with Crippen LogP contribution in [0.5, 0.6) is 5.75 Å². The van der Waals surface area contributed by atoms with Crippen molar-refractivity contribution in [1.82, 2.24) is 5.09 Å². The molecule has 6 heteroatoms. The van der Waals surface area contributed by atoms with Crippen LogP contribution in [-0.2, 0) is 32.3 Å². The number of ether oxygens (including phenoxy) is 2. The molecule has 0 aliphatic carbocycles. The minimum absolute atomic E-state index is 0.0590. The Bertz CT molecular complexity index is 1350. The molecule has 0 saturated heterocycles. The third-order valence-corrected chi connectivity index (χ3v) is 11.7. The molecule has 0 radical (unpaired) electrons. The molecule has 0 amide bonds. The van der Waals surface area contributed by atoms with Gasteiger partial charge in [0.1, 0.15) is 11.9 Å². The first-order chi connectivity index (χ1) is 18.3. The second-order valence-corrected chi connectivity index (χ2v) is 16.2. The predicted octanol–water partition coefficient (Wildman–Crippen LogP) is 6.74. The van der Waals surface area contributed by atoms with Crippen LogP contribution in [0.3, 0.4) is 0 Å². The molecule has 0 bridgehead atoms. The maximum atomic E-state index is 12.4. The van der Waals surface area contributed by atoms with E-state index in [-0.39, 0.29) is 16.8 Å². The second-order valence-electron chi connectivity index (χ2n) is 12.1. The van der Waals surface area contributed by atoms with Crippen LogP contribution in [0.15, 0.2) is 91.0 Å². The molecular weight excluding hydrogens is 521 g/mol. The summed E-state index contributed by atoms with van der Waals surface area (Å²) in [5, 5.41) is 6.26. The van der Waals surface area contributed by atoms with E-state index in [2.05, 4.69) is 89.1 Å². The summed E-state index contributed by atoms with van der Waals surface area (Å²) >= 11 is 6.71. The molecule has 3 aromatic carbocycles. The first-order valence-corrected chi connectivity index (χ1v) is 16.3. The van der Waals surface area contributed by atoms with Crippen molar-refractivity contribution in [3.05, 3.63) is 102 Å². The molecule has 1 heterocycles. The summed E-state index contributed by atoms with van der Waals surface area (Å²) in [6, 6.07) is 27.1. The Balaban J connectivity index is 2.01. The number of hydrogen-bond donors (Lipinski definition) is 1. The van der Waals surface area contributed by atoms with Gasteiger partial charge >= 0.3 is 5.97 Å². The molecule has 2 atom stereocenters. The average Bonchev–Trinajstić information content (AvgIpc) is 3.21. The molecule has 1 N–H and O–H groups in total. The molecule has 1 aliphatic heterocycles. The molecule has 0 spiro atoms. The number of esters is 1. The largest absolute Gasteiger partial charge is 0.484 e. The molecule has 206 valence electrons. The van der Waals surface area contributed by atoms with Gasteiger partial charge in [-0.2, -0.15) is 0 Å². The number of carbonyl (C=O) groups is 1. The summed E-state index contributed by atoms with van der Waals surface area (Å²) in [6.45, 7) is 15.4. The van der Waals surface area contributed by atoms with Gasteiger partial charge in [-0.25, -0.2) is 4.79 Å². The normalized spacial score (nSPS) is 19.5. The lowest BCUT2D eigenvalue weighted by atomic mass is 9.67. The standard InChI is InChI=1S/C33H40NO3PS/c1-8-36-30(35)22-21-29-33(32(5,6)7,27-23-24(31(2,3)4)19-20-28(27)37-29)34-38(39,25-15-11-9-12-16-25)26-17-13-10-14-18-26/h9-23,29H,8H2,1-7H3,(H,34,39)/b22-21-/t29-,33-/m1/s1. The quantitative estimate of drug-likeness (QED) is 0.197. The van der Waals surface area contributed by atoms with E-state index in [0.717, 1.165) is 21.9 Å². The van der Waals surface area contributed by atoms with Crippen molar-refractivity contribution in [1.29, 1.82) is 0 Å². The molecular formula is C33H40NO3PS. The number of nitrogens with one attached hydrogen (secondary N) is 1. The van der Waals surface area contributed by atoms with Crippen LogP contribution in [0.4, 0.5) is 0 Å². The molecule has 4 nitrogen and oxygen atoms in total. The van der Waals surface area contributed by atoms with E-state index >= 15 is 0 Å².